The minimum atomic E-state index is -0.609. The quantitative estimate of drug-likeness (QED) is 0.440. The number of rotatable bonds is 3. The number of carbonyl (C=O) groups excluding carboxylic acids is 1. The number of hydrogen-bond donors (Lipinski definition) is 2. The predicted octanol–water partition coefficient (Wildman–Crippen LogP) is -0.245. The minimum absolute atomic E-state index is 0.0297. The van der Waals surface area contributed by atoms with Crippen LogP contribution >= 0.6 is 0 Å². The Morgan fingerprint density at radius 2 is 2.27 bits per heavy atom. The molecule has 0 atom stereocenters. The van der Waals surface area contributed by atoms with E-state index in [4.69, 9.17) is 10.8 Å². The summed E-state index contributed by atoms with van der Waals surface area (Å²) < 4.78 is 0. The number of aliphatic hydroxyl groups excluding tert-OH is 1. The van der Waals surface area contributed by atoms with Gasteiger partial charge in [0.05, 0.1) is 0 Å². The van der Waals surface area contributed by atoms with E-state index in [2.05, 4.69) is 5.10 Å². The van der Waals surface area contributed by atoms with Gasteiger partial charge < -0.3 is 10.8 Å². The Hall–Kier alpha value is -1.10. The lowest BCUT2D eigenvalue weighted by atomic mass is 10.3. The highest BCUT2D eigenvalue weighted by molar-refractivity contribution is 5.83. The second kappa shape index (κ2) is 4.68. The first-order chi connectivity index (χ1) is 5.07. The van der Waals surface area contributed by atoms with Crippen LogP contribution in [0.1, 0.15) is 13.3 Å². The fraction of sp³-hybridized carbons (Fsp3) is 0.667. The summed E-state index contributed by atoms with van der Waals surface area (Å²) in [7, 11) is 1.46. The molecule has 0 unspecified atom stereocenters. The average molecular weight is 159 g/mol. The van der Waals surface area contributed by atoms with Crippen LogP contribution in [-0.2, 0) is 0 Å². The molecule has 0 saturated carbocycles. The summed E-state index contributed by atoms with van der Waals surface area (Å²) in [5.41, 5.74) is 5.57. The molecule has 0 heterocycles. The average Bonchev–Trinajstić information content (AvgIpc) is 1.87. The van der Waals surface area contributed by atoms with Gasteiger partial charge in [-0.2, -0.15) is 5.10 Å². The van der Waals surface area contributed by atoms with E-state index < -0.39 is 6.03 Å². The molecule has 0 bridgehead atoms. The van der Waals surface area contributed by atoms with Crippen LogP contribution in [0.2, 0.25) is 0 Å². The van der Waals surface area contributed by atoms with Crippen molar-refractivity contribution in [3.63, 3.8) is 0 Å². The number of amides is 2. The van der Waals surface area contributed by atoms with Crippen LogP contribution in [0.25, 0.3) is 0 Å². The van der Waals surface area contributed by atoms with Gasteiger partial charge in [-0.1, -0.05) is 0 Å². The first kappa shape index (κ1) is 9.90. The van der Waals surface area contributed by atoms with Gasteiger partial charge in [-0.15, -0.1) is 0 Å². The summed E-state index contributed by atoms with van der Waals surface area (Å²) in [6.07, 6.45) is 0.456. The molecule has 0 spiro atoms. The highest BCUT2D eigenvalue weighted by atomic mass is 16.3. The molecule has 0 aliphatic carbocycles. The summed E-state index contributed by atoms with van der Waals surface area (Å²) >= 11 is 0. The SMILES string of the molecule is C/C(CCO)=N\N(C)C(N)=O. The molecule has 0 aliphatic rings. The van der Waals surface area contributed by atoms with Crippen molar-refractivity contribution in [1.82, 2.24) is 5.01 Å². The predicted molar refractivity (Wildman–Crippen MR) is 42.2 cm³/mol. The molecule has 0 radical (unpaired) electrons. The zero-order chi connectivity index (χ0) is 8.85. The van der Waals surface area contributed by atoms with Crippen molar-refractivity contribution in [1.29, 1.82) is 0 Å². The maximum absolute atomic E-state index is 10.4. The fourth-order valence-corrected chi connectivity index (χ4v) is 0.517. The van der Waals surface area contributed by atoms with Gasteiger partial charge >= 0.3 is 6.03 Å². The molecule has 2 amide bonds. The topological polar surface area (TPSA) is 78.9 Å². The van der Waals surface area contributed by atoms with Crippen molar-refractivity contribution in [2.75, 3.05) is 13.7 Å². The van der Waals surface area contributed by atoms with Gasteiger partial charge in [0.25, 0.3) is 0 Å². The van der Waals surface area contributed by atoms with Gasteiger partial charge in [0.15, 0.2) is 0 Å². The van der Waals surface area contributed by atoms with Crippen LogP contribution in [0.3, 0.4) is 0 Å². The number of primary amides is 1. The van der Waals surface area contributed by atoms with E-state index in [0.717, 1.165) is 5.01 Å². The van der Waals surface area contributed by atoms with E-state index in [-0.39, 0.29) is 6.61 Å². The van der Waals surface area contributed by atoms with Crippen molar-refractivity contribution >= 4 is 11.7 Å². The molecule has 0 aromatic carbocycles. The monoisotopic (exact) mass is 159 g/mol. The lowest BCUT2D eigenvalue weighted by Gasteiger charge is -2.07. The van der Waals surface area contributed by atoms with Crippen LogP contribution in [-0.4, -0.2) is 35.5 Å². The summed E-state index contributed by atoms with van der Waals surface area (Å²) in [5, 5.41) is 13.3. The van der Waals surface area contributed by atoms with Gasteiger partial charge in [-0.3, -0.25) is 0 Å². The Balaban J connectivity index is 3.96. The Morgan fingerprint density at radius 1 is 1.73 bits per heavy atom. The third-order valence-corrected chi connectivity index (χ3v) is 1.11. The number of carbonyl (C=O) groups is 1. The molecule has 11 heavy (non-hydrogen) atoms. The van der Waals surface area contributed by atoms with Gasteiger partial charge in [-0.25, -0.2) is 9.80 Å². The Labute approximate surface area is 65.5 Å². The lowest BCUT2D eigenvalue weighted by Crippen LogP contribution is -2.28. The molecular formula is C6H13N3O2. The van der Waals surface area contributed by atoms with Crippen LogP contribution in [0.4, 0.5) is 4.79 Å². The molecule has 0 fully saturated rings. The van der Waals surface area contributed by atoms with Crippen molar-refractivity contribution in [2.24, 2.45) is 10.8 Å². The maximum Gasteiger partial charge on any atom is 0.334 e. The van der Waals surface area contributed by atoms with Crippen molar-refractivity contribution in [3.05, 3.63) is 0 Å². The second-order valence-electron chi connectivity index (χ2n) is 2.17. The van der Waals surface area contributed by atoms with E-state index in [0.29, 0.717) is 12.1 Å². The Morgan fingerprint density at radius 3 is 2.64 bits per heavy atom. The van der Waals surface area contributed by atoms with Gasteiger partial charge in [-0.05, 0) is 6.92 Å². The lowest BCUT2D eigenvalue weighted by molar-refractivity contribution is 0.220. The summed E-state index contributed by atoms with van der Waals surface area (Å²) in [6.45, 7) is 1.75. The molecule has 5 heteroatoms. The van der Waals surface area contributed by atoms with Gasteiger partial charge in [0, 0.05) is 25.8 Å². The Kier molecular flexibility index (Phi) is 4.21. The molecule has 3 N–H and O–H groups in total. The Bertz CT molecular complexity index is 167. The number of nitrogens with two attached hydrogens (primary N) is 1. The summed E-state index contributed by atoms with van der Waals surface area (Å²) in [6, 6.07) is -0.609. The smallest absolute Gasteiger partial charge is 0.334 e. The van der Waals surface area contributed by atoms with E-state index in [9.17, 15) is 4.79 Å². The van der Waals surface area contributed by atoms with Crippen LogP contribution in [0.15, 0.2) is 5.10 Å². The molecule has 0 rings (SSSR count). The first-order valence-corrected chi connectivity index (χ1v) is 3.26. The first-order valence-electron chi connectivity index (χ1n) is 3.26. The fourth-order valence-electron chi connectivity index (χ4n) is 0.517. The molecule has 0 aliphatic heterocycles. The highest BCUT2D eigenvalue weighted by Crippen LogP contribution is 1.89. The van der Waals surface area contributed by atoms with Crippen LogP contribution in [0.5, 0.6) is 0 Å². The highest BCUT2D eigenvalue weighted by Gasteiger charge is 1.99. The zero-order valence-corrected chi connectivity index (χ0v) is 6.74. The zero-order valence-electron chi connectivity index (χ0n) is 6.74. The van der Waals surface area contributed by atoms with E-state index in [1.165, 1.54) is 7.05 Å². The molecule has 0 aromatic heterocycles. The number of hydrazone groups is 1. The molecule has 0 saturated heterocycles. The van der Waals surface area contributed by atoms with Crippen LogP contribution in [0, 0.1) is 0 Å². The molecule has 64 valence electrons. The van der Waals surface area contributed by atoms with Gasteiger partial charge in [0.1, 0.15) is 0 Å². The second-order valence-corrected chi connectivity index (χ2v) is 2.17. The van der Waals surface area contributed by atoms with Crippen molar-refractivity contribution < 1.29 is 9.90 Å². The standard InChI is InChI=1S/C6H13N3O2/c1-5(3-4-10)8-9(2)6(7)11/h10H,3-4H2,1-2H3,(H2,7,11)/b8-5+. The third kappa shape index (κ3) is 4.32. The van der Waals surface area contributed by atoms with E-state index in [1.54, 1.807) is 6.92 Å². The summed E-state index contributed by atoms with van der Waals surface area (Å²) in [5.74, 6) is 0. The largest absolute Gasteiger partial charge is 0.396 e. The number of nitrogens with zero attached hydrogens (tertiary/aromatic N) is 2. The van der Waals surface area contributed by atoms with Crippen LogP contribution < -0.4 is 5.73 Å². The molecule has 5 nitrogen and oxygen atoms in total. The van der Waals surface area contributed by atoms with Crippen molar-refractivity contribution in [2.45, 2.75) is 13.3 Å². The summed E-state index contributed by atoms with van der Waals surface area (Å²) in [4.78, 5) is 10.4. The number of hydrogen-bond acceptors (Lipinski definition) is 3. The maximum atomic E-state index is 10.4. The minimum Gasteiger partial charge on any atom is -0.396 e. The third-order valence-electron chi connectivity index (χ3n) is 1.11. The van der Waals surface area contributed by atoms with Gasteiger partial charge in [0.2, 0.25) is 0 Å². The van der Waals surface area contributed by atoms with E-state index >= 15 is 0 Å². The van der Waals surface area contributed by atoms with E-state index in [1.807, 2.05) is 0 Å². The number of aliphatic hydroxyl groups is 1. The normalized spacial score (nSPS) is 11.4. The molecule has 0 aromatic rings. The number of urea groups is 1. The molecular weight excluding hydrogens is 146 g/mol. The van der Waals surface area contributed by atoms with Crippen molar-refractivity contribution in [3.8, 4) is 0 Å².